The molecular formula is C14H21N3OS. The van der Waals surface area contributed by atoms with Gasteiger partial charge in [-0.3, -0.25) is 0 Å². The van der Waals surface area contributed by atoms with Gasteiger partial charge < -0.3 is 15.0 Å². The molecule has 0 saturated carbocycles. The number of thioether (sulfide) groups is 1. The van der Waals surface area contributed by atoms with E-state index in [1.54, 1.807) is 11.8 Å². The molecule has 2 rings (SSSR count). The van der Waals surface area contributed by atoms with Gasteiger partial charge >= 0.3 is 0 Å². The van der Waals surface area contributed by atoms with Crippen LogP contribution in [0.4, 0.5) is 5.82 Å². The first-order chi connectivity index (χ1) is 9.35. The van der Waals surface area contributed by atoms with Gasteiger partial charge in [-0.1, -0.05) is 13.0 Å². The lowest BCUT2D eigenvalue weighted by Crippen LogP contribution is -2.43. The third-order valence-corrected chi connectivity index (χ3v) is 4.46. The summed E-state index contributed by atoms with van der Waals surface area (Å²) in [6, 6.07) is 4.19. The second-order valence-electron chi connectivity index (χ2n) is 4.53. The number of piperazine rings is 1. The largest absolute Gasteiger partial charge is 0.354 e. The Kier molecular flexibility index (Phi) is 5.66. The predicted octanol–water partition coefficient (Wildman–Crippen LogP) is 1.87. The molecule has 0 bridgehead atoms. The molecule has 0 amide bonds. The van der Waals surface area contributed by atoms with E-state index in [9.17, 15) is 4.79 Å². The monoisotopic (exact) mass is 279 g/mol. The summed E-state index contributed by atoms with van der Waals surface area (Å²) in [6.07, 6.45) is 3.49. The van der Waals surface area contributed by atoms with Crippen molar-refractivity contribution in [3.05, 3.63) is 23.9 Å². The fraction of sp³-hybridized carbons (Fsp3) is 0.571. The second-order valence-corrected chi connectivity index (χ2v) is 6.01. The average Bonchev–Trinajstić information content (AvgIpc) is 2.48. The summed E-state index contributed by atoms with van der Waals surface area (Å²) >= 11 is 1.80. The number of nitrogens with zero attached hydrogens (tertiary/aromatic N) is 2. The minimum atomic E-state index is 0.243. The summed E-state index contributed by atoms with van der Waals surface area (Å²) in [7, 11) is 0. The zero-order chi connectivity index (χ0) is 13.5. The first kappa shape index (κ1) is 14.3. The Morgan fingerprint density at radius 3 is 2.84 bits per heavy atom. The maximum absolute atomic E-state index is 10.7. The van der Waals surface area contributed by atoms with Crippen LogP contribution in [0.5, 0.6) is 0 Å². The zero-order valence-corrected chi connectivity index (χ0v) is 12.2. The standard InChI is InChI=1S/C14H21N3OS/c1-2-19-13(5-10-18)12-3-4-14(16-11-12)17-8-6-15-7-9-17/h3-4,10-11,13,15H,2,5-9H2,1H3. The van der Waals surface area contributed by atoms with Crippen LogP contribution in [-0.4, -0.2) is 43.2 Å². The van der Waals surface area contributed by atoms with E-state index in [1.165, 1.54) is 0 Å². The molecule has 1 fully saturated rings. The lowest BCUT2D eigenvalue weighted by molar-refractivity contribution is -0.107. The highest BCUT2D eigenvalue weighted by Gasteiger charge is 2.14. The molecule has 5 heteroatoms. The number of aldehydes is 1. The number of hydrogen-bond acceptors (Lipinski definition) is 5. The summed E-state index contributed by atoms with van der Waals surface area (Å²) < 4.78 is 0. The maximum Gasteiger partial charge on any atom is 0.128 e. The fourth-order valence-corrected chi connectivity index (χ4v) is 3.21. The van der Waals surface area contributed by atoms with Crippen molar-refractivity contribution in [3.8, 4) is 0 Å². The first-order valence-corrected chi connectivity index (χ1v) is 7.87. The Bertz CT molecular complexity index is 390. The quantitative estimate of drug-likeness (QED) is 0.806. The van der Waals surface area contributed by atoms with E-state index in [0.29, 0.717) is 6.42 Å². The van der Waals surface area contributed by atoms with Gasteiger partial charge in [0.25, 0.3) is 0 Å². The number of aromatic nitrogens is 1. The topological polar surface area (TPSA) is 45.2 Å². The number of nitrogens with one attached hydrogen (secondary N) is 1. The van der Waals surface area contributed by atoms with E-state index in [0.717, 1.165) is 49.6 Å². The van der Waals surface area contributed by atoms with Crippen molar-refractivity contribution in [2.24, 2.45) is 0 Å². The van der Waals surface area contributed by atoms with Crippen molar-refractivity contribution in [1.82, 2.24) is 10.3 Å². The minimum absolute atomic E-state index is 0.243. The van der Waals surface area contributed by atoms with Crippen LogP contribution >= 0.6 is 11.8 Å². The Morgan fingerprint density at radius 1 is 1.47 bits per heavy atom. The molecule has 1 aliphatic heterocycles. The Hall–Kier alpha value is -1.07. The molecule has 0 spiro atoms. The number of hydrogen-bond donors (Lipinski definition) is 1. The summed E-state index contributed by atoms with van der Waals surface area (Å²) in [6.45, 7) is 6.17. The lowest BCUT2D eigenvalue weighted by Gasteiger charge is -2.28. The van der Waals surface area contributed by atoms with Gasteiger partial charge in [-0.05, 0) is 17.4 Å². The highest BCUT2D eigenvalue weighted by atomic mass is 32.2. The Morgan fingerprint density at radius 2 is 2.26 bits per heavy atom. The number of rotatable bonds is 6. The molecule has 4 nitrogen and oxygen atoms in total. The molecular weight excluding hydrogens is 258 g/mol. The highest BCUT2D eigenvalue weighted by molar-refractivity contribution is 7.99. The normalized spacial score (nSPS) is 17.2. The molecule has 0 aliphatic carbocycles. The van der Waals surface area contributed by atoms with E-state index < -0.39 is 0 Å². The predicted molar refractivity (Wildman–Crippen MR) is 80.9 cm³/mol. The number of pyridine rings is 1. The number of carbonyl (C=O) groups is 1. The SMILES string of the molecule is CCSC(CC=O)c1ccc(N2CCNCC2)nc1. The summed E-state index contributed by atoms with van der Waals surface area (Å²) in [5.74, 6) is 2.05. The van der Waals surface area contributed by atoms with E-state index in [2.05, 4.69) is 34.3 Å². The number of anilines is 1. The maximum atomic E-state index is 10.7. The summed E-state index contributed by atoms with van der Waals surface area (Å²) in [4.78, 5) is 17.6. The zero-order valence-electron chi connectivity index (χ0n) is 11.3. The van der Waals surface area contributed by atoms with Gasteiger partial charge in [-0.25, -0.2) is 4.98 Å². The molecule has 1 atom stereocenters. The molecule has 1 aliphatic rings. The van der Waals surface area contributed by atoms with Crippen molar-refractivity contribution in [2.45, 2.75) is 18.6 Å². The molecule has 2 heterocycles. The van der Waals surface area contributed by atoms with Gasteiger partial charge in [-0.15, -0.1) is 0 Å². The minimum Gasteiger partial charge on any atom is -0.354 e. The van der Waals surface area contributed by atoms with Crippen molar-refractivity contribution < 1.29 is 4.79 Å². The van der Waals surface area contributed by atoms with Crippen molar-refractivity contribution in [3.63, 3.8) is 0 Å². The molecule has 104 valence electrons. The molecule has 1 N–H and O–H groups in total. The smallest absolute Gasteiger partial charge is 0.128 e. The lowest BCUT2D eigenvalue weighted by atomic mass is 10.1. The molecule has 0 radical (unpaired) electrons. The molecule has 1 aromatic heterocycles. The molecule has 1 saturated heterocycles. The Labute approximate surface area is 119 Å². The van der Waals surface area contributed by atoms with Crippen LogP contribution in [0.1, 0.15) is 24.2 Å². The van der Waals surface area contributed by atoms with Crippen molar-refractivity contribution in [2.75, 3.05) is 36.8 Å². The Balaban J connectivity index is 2.05. The van der Waals surface area contributed by atoms with Crippen molar-refractivity contribution in [1.29, 1.82) is 0 Å². The van der Waals surface area contributed by atoms with E-state index >= 15 is 0 Å². The third kappa shape index (κ3) is 3.94. The average molecular weight is 279 g/mol. The van der Waals surface area contributed by atoms with Crippen LogP contribution in [0.25, 0.3) is 0 Å². The van der Waals surface area contributed by atoms with Crippen LogP contribution in [0.2, 0.25) is 0 Å². The fourth-order valence-electron chi connectivity index (χ4n) is 2.26. The van der Waals surface area contributed by atoms with Gasteiger partial charge in [0, 0.05) is 44.0 Å². The van der Waals surface area contributed by atoms with Crippen LogP contribution in [-0.2, 0) is 4.79 Å². The molecule has 1 aromatic rings. The number of carbonyl (C=O) groups excluding carboxylic acids is 1. The van der Waals surface area contributed by atoms with Crippen LogP contribution in [0, 0.1) is 0 Å². The van der Waals surface area contributed by atoms with Gasteiger partial charge in [0.1, 0.15) is 12.1 Å². The van der Waals surface area contributed by atoms with E-state index in [-0.39, 0.29) is 5.25 Å². The highest BCUT2D eigenvalue weighted by Crippen LogP contribution is 2.31. The van der Waals surface area contributed by atoms with E-state index in [4.69, 9.17) is 0 Å². The summed E-state index contributed by atoms with van der Waals surface area (Å²) in [5.41, 5.74) is 1.15. The van der Waals surface area contributed by atoms with Gasteiger partial charge in [0.15, 0.2) is 0 Å². The van der Waals surface area contributed by atoms with Crippen molar-refractivity contribution >= 4 is 23.9 Å². The first-order valence-electron chi connectivity index (χ1n) is 6.82. The molecule has 0 aromatic carbocycles. The van der Waals surface area contributed by atoms with Gasteiger partial charge in [-0.2, -0.15) is 11.8 Å². The van der Waals surface area contributed by atoms with E-state index in [1.807, 2.05) is 6.20 Å². The third-order valence-electron chi connectivity index (χ3n) is 3.26. The van der Waals surface area contributed by atoms with Crippen LogP contribution in [0.15, 0.2) is 18.3 Å². The molecule has 1 unspecified atom stereocenters. The van der Waals surface area contributed by atoms with Gasteiger partial charge in [0.2, 0.25) is 0 Å². The van der Waals surface area contributed by atoms with Gasteiger partial charge in [0.05, 0.1) is 0 Å². The molecule has 19 heavy (non-hydrogen) atoms. The second kappa shape index (κ2) is 7.50. The summed E-state index contributed by atoms with van der Waals surface area (Å²) in [5, 5.41) is 3.58. The van der Waals surface area contributed by atoms with Crippen LogP contribution < -0.4 is 10.2 Å². The van der Waals surface area contributed by atoms with Crippen LogP contribution in [0.3, 0.4) is 0 Å².